The molecule has 0 radical (unpaired) electrons. The molecular formula is C21H14N2O2S. The molecule has 0 saturated carbocycles. The van der Waals surface area contributed by atoms with E-state index in [-0.39, 0.29) is 11.9 Å². The summed E-state index contributed by atoms with van der Waals surface area (Å²) in [6.45, 7) is 0. The minimum atomic E-state index is -0.868. The fourth-order valence-electron chi connectivity index (χ4n) is 3.75. The van der Waals surface area contributed by atoms with Gasteiger partial charge in [-0.25, -0.2) is 0 Å². The maximum absolute atomic E-state index is 12.3. The maximum Gasteiger partial charge on any atom is 0.314 e. The molecule has 0 bridgehead atoms. The van der Waals surface area contributed by atoms with Gasteiger partial charge in [-0.05, 0) is 27.3 Å². The standard InChI is InChI=1S/C21H14N2O2S/c1-25-21(24)17-11-26-20-15-6-3-2-5-13(15)18(12(9-22)10-23)16-8-4-7-14(17)19(16)20/h2-8,12,17H,11H2,1H3. The fourth-order valence-corrected chi connectivity index (χ4v) is 5.10. The zero-order valence-electron chi connectivity index (χ0n) is 14.0. The molecule has 0 aromatic heterocycles. The number of carbonyl (C=O) groups excluding carboxylic acids is 1. The van der Waals surface area contributed by atoms with Crippen molar-refractivity contribution >= 4 is 39.3 Å². The molecule has 0 saturated heterocycles. The molecule has 1 aliphatic heterocycles. The molecule has 3 aromatic carbocycles. The van der Waals surface area contributed by atoms with E-state index in [1.54, 1.807) is 11.8 Å². The number of nitrogens with zero attached hydrogens (tertiary/aromatic N) is 2. The van der Waals surface area contributed by atoms with E-state index in [9.17, 15) is 15.3 Å². The van der Waals surface area contributed by atoms with Crippen LogP contribution in [0.3, 0.4) is 0 Å². The normalized spacial score (nSPS) is 15.6. The monoisotopic (exact) mass is 358 g/mol. The Kier molecular flexibility index (Phi) is 4.03. The van der Waals surface area contributed by atoms with Crippen molar-refractivity contribution in [2.24, 2.45) is 0 Å². The minimum absolute atomic E-state index is 0.262. The van der Waals surface area contributed by atoms with E-state index in [4.69, 9.17) is 4.74 Å². The van der Waals surface area contributed by atoms with Gasteiger partial charge < -0.3 is 4.74 Å². The number of ether oxygens (including phenoxy) is 1. The largest absolute Gasteiger partial charge is 0.469 e. The van der Waals surface area contributed by atoms with Crippen LogP contribution in [0.2, 0.25) is 0 Å². The summed E-state index contributed by atoms with van der Waals surface area (Å²) in [7, 11) is 1.40. The van der Waals surface area contributed by atoms with E-state index in [0.29, 0.717) is 5.75 Å². The van der Waals surface area contributed by atoms with Crippen LogP contribution in [0.4, 0.5) is 0 Å². The number of hydrogen-bond acceptors (Lipinski definition) is 5. The Morgan fingerprint density at radius 2 is 1.81 bits per heavy atom. The molecule has 5 heteroatoms. The SMILES string of the molecule is COC(=O)C1CSc2c3ccccc3c(C(C#N)C#N)c3cccc1c23. The number of fused-ring (bicyclic) bond motifs is 2. The summed E-state index contributed by atoms with van der Waals surface area (Å²) in [5.74, 6) is -0.866. The first-order valence-electron chi connectivity index (χ1n) is 8.18. The van der Waals surface area contributed by atoms with Crippen molar-refractivity contribution in [3.8, 4) is 12.1 Å². The molecule has 4 rings (SSSR count). The summed E-state index contributed by atoms with van der Waals surface area (Å²) >= 11 is 1.63. The number of hydrogen-bond donors (Lipinski definition) is 0. The van der Waals surface area contributed by atoms with Gasteiger partial charge in [0.15, 0.2) is 5.92 Å². The average Bonchev–Trinajstić information content (AvgIpc) is 2.70. The van der Waals surface area contributed by atoms with E-state index in [2.05, 4.69) is 12.1 Å². The molecule has 0 spiro atoms. The third kappa shape index (κ3) is 2.25. The Balaban J connectivity index is 2.19. The van der Waals surface area contributed by atoms with Gasteiger partial charge in [0.2, 0.25) is 0 Å². The number of carbonyl (C=O) groups is 1. The third-order valence-electron chi connectivity index (χ3n) is 4.88. The summed E-state index contributed by atoms with van der Waals surface area (Å²) in [6.07, 6.45) is 0. The van der Waals surface area contributed by atoms with Crippen LogP contribution >= 0.6 is 11.8 Å². The van der Waals surface area contributed by atoms with Gasteiger partial charge in [0, 0.05) is 16.0 Å². The van der Waals surface area contributed by atoms with Crippen molar-refractivity contribution in [3.05, 3.63) is 53.6 Å². The van der Waals surface area contributed by atoms with Gasteiger partial charge in [-0.1, -0.05) is 42.5 Å². The van der Waals surface area contributed by atoms with E-state index in [1.807, 2.05) is 42.5 Å². The first kappa shape index (κ1) is 16.4. The van der Waals surface area contributed by atoms with Crippen LogP contribution in [0, 0.1) is 22.7 Å². The molecule has 4 nitrogen and oxygen atoms in total. The van der Waals surface area contributed by atoms with E-state index >= 15 is 0 Å². The minimum Gasteiger partial charge on any atom is -0.469 e. The maximum atomic E-state index is 12.3. The van der Waals surface area contributed by atoms with Gasteiger partial charge in [0.1, 0.15) is 0 Å². The lowest BCUT2D eigenvalue weighted by Crippen LogP contribution is -2.19. The highest BCUT2D eigenvalue weighted by Crippen LogP contribution is 2.48. The molecule has 1 aliphatic rings. The highest BCUT2D eigenvalue weighted by Gasteiger charge is 2.31. The Morgan fingerprint density at radius 1 is 1.12 bits per heavy atom. The van der Waals surface area contributed by atoms with Crippen molar-refractivity contribution in [1.82, 2.24) is 0 Å². The lowest BCUT2D eigenvalue weighted by atomic mass is 9.85. The predicted octanol–water partition coefficient (Wildman–Crippen LogP) is 4.49. The second-order valence-corrected chi connectivity index (χ2v) is 7.17. The average molecular weight is 358 g/mol. The van der Waals surface area contributed by atoms with Gasteiger partial charge in [-0.3, -0.25) is 4.79 Å². The molecule has 1 atom stereocenters. The van der Waals surface area contributed by atoms with Gasteiger partial charge >= 0.3 is 5.97 Å². The first-order chi connectivity index (χ1) is 12.7. The van der Waals surface area contributed by atoms with E-state index in [0.717, 1.165) is 37.6 Å². The number of thioether (sulfide) groups is 1. The Hall–Kier alpha value is -3.02. The van der Waals surface area contributed by atoms with Crippen LogP contribution in [0.15, 0.2) is 47.4 Å². The van der Waals surface area contributed by atoms with Gasteiger partial charge in [-0.2, -0.15) is 10.5 Å². The Bertz CT molecular complexity index is 1130. The van der Waals surface area contributed by atoms with Crippen LogP contribution in [-0.2, 0) is 9.53 Å². The molecule has 3 aromatic rings. The quantitative estimate of drug-likeness (QED) is 0.498. The van der Waals surface area contributed by atoms with Crippen LogP contribution in [0.1, 0.15) is 23.0 Å². The first-order valence-corrected chi connectivity index (χ1v) is 9.17. The predicted molar refractivity (Wildman–Crippen MR) is 101 cm³/mol. The van der Waals surface area contributed by atoms with Crippen molar-refractivity contribution < 1.29 is 9.53 Å². The highest BCUT2D eigenvalue weighted by atomic mass is 32.2. The van der Waals surface area contributed by atoms with E-state index < -0.39 is 5.92 Å². The molecule has 0 N–H and O–H groups in total. The summed E-state index contributed by atoms with van der Waals surface area (Å²) in [6, 6.07) is 17.8. The second-order valence-electron chi connectivity index (χ2n) is 6.14. The molecule has 0 amide bonds. The number of rotatable bonds is 2. The van der Waals surface area contributed by atoms with Gasteiger partial charge in [0.25, 0.3) is 0 Å². The number of benzene rings is 3. The highest BCUT2D eigenvalue weighted by molar-refractivity contribution is 7.99. The van der Waals surface area contributed by atoms with Crippen LogP contribution in [0.5, 0.6) is 0 Å². The molecular weight excluding hydrogens is 344 g/mol. The summed E-state index contributed by atoms with van der Waals surface area (Å²) in [5, 5.41) is 22.8. The summed E-state index contributed by atoms with van der Waals surface area (Å²) < 4.78 is 4.99. The van der Waals surface area contributed by atoms with Crippen molar-refractivity contribution in [3.63, 3.8) is 0 Å². The fraction of sp³-hybridized carbons (Fsp3) is 0.190. The zero-order valence-corrected chi connectivity index (χ0v) is 14.8. The lowest BCUT2D eigenvalue weighted by molar-refractivity contribution is -0.141. The molecule has 1 unspecified atom stereocenters. The zero-order chi connectivity index (χ0) is 18.3. The molecule has 126 valence electrons. The van der Waals surface area contributed by atoms with Crippen LogP contribution < -0.4 is 0 Å². The molecule has 0 fully saturated rings. The third-order valence-corrected chi connectivity index (χ3v) is 6.09. The second kappa shape index (κ2) is 6.37. The molecule has 26 heavy (non-hydrogen) atoms. The number of esters is 1. The Morgan fingerprint density at radius 3 is 2.50 bits per heavy atom. The lowest BCUT2D eigenvalue weighted by Gasteiger charge is -2.26. The van der Waals surface area contributed by atoms with E-state index in [1.165, 1.54) is 7.11 Å². The number of methoxy groups -OCH3 is 1. The van der Waals surface area contributed by atoms with Gasteiger partial charge in [-0.15, -0.1) is 11.8 Å². The van der Waals surface area contributed by atoms with Gasteiger partial charge in [0.05, 0.1) is 25.2 Å². The van der Waals surface area contributed by atoms with Crippen molar-refractivity contribution in [1.29, 1.82) is 10.5 Å². The summed E-state index contributed by atoms with van der Waals surface area (Å²) in [5.41, 5.74) is 1.63. The van der Waals surface area contributed by atoms with Crippen LogP contribution in [-0.4, -0.2) is 18.8 Å². The summed E-state index contributed by atoms with van der Waals surface area (Å²) in [4.78, 5) is 13.4. The van der Waals surface area contributed by atoms with Crippen molar-refractivity contribution in [2.75, 3.05) is 12.9 Å². The smallest absolute Gasteiger partial charge is 0.314 e. The number of nitriles is 2. The molecule has 1 heterocycles. The van der Waals surface area contributed by atoms with Crippen LogP contribution in [0.25, 0.3) is 21.5 Å². The Labute approximate surface area is 155 Å². The molecule has 0 aliphatic carbocycles. The topological polar surface area (TPSA) is 73.9 Å². The van der Waals surface area contributed by atoms with Crippen molar-refractivity contribution in [2.45, 2.75) is 16.7 Å².